The molecule has 27 heavy (non-hydrogen) atoms. The predicted molar refractivity (Wildman–Crippen MR) is 93.0 cm³/mol. The second-order valence-electron chi connectivity index (χ2n) is 8.34. The summed E-state index contributed by atoms with van der Waals surface area (Å²) in [4.78, 5) is 12.8. The highest BCUT2D eigenvalue weighted by atomic mass is 19.4. The van der Waals surface area contributed by atoms with E-state index >= 15 is 0 Å². The molecule has 1 aromatic rings. The number of amides is 1. The van der Waals surface area contributed by atoms with E-state index in [0.29, 0.717) is 6.42 Å². The first-order valence-electron chi connectivity index (χ1n) is 8.86. The van der Waals surface area contributed by atoms with Crippen LogP contribution in [0.4, 0.5) is 13.2 Å². The van der Waals surface area contributed by atoms with Crippen LogP contribution in [0.1, 0.15) is 50.4 Å². The van der Waals surface area contributed by atoms with Gasteiger partial charge in [-0.3, -0.25) is 4.79 Å². The Morgan fingerprint density at radius 1 is 1.26 bits per heavy atom. The van der Waals surface area contributed by atoms with E-state index in [0.717, 1.165) is 0 Å². The maximum atomic E-state index is 14.0. The minimum Gasteiger partial charge on any atom is -0.507 e. The molecule has 3 rings (SSSR count). The highest BCUT2D eigenvalue weighted by Gasteiger charge is 2.69. The predicted octanol–water partition coefficient (Wildman–Crippen LogP) is 3.92. The van der Waals surface area contributed by atoms with E-state index in [1.165, 1.54) is 24.3 Å². The van der Waals surface area contributed by atoms with Crippen molar-refractivity contribution < 1.29 is 28.2 Å². The molecule has 148 valence electrons. The quantitative estimate of drug-likeness (QED) is 0.771. The summed E-state index contributed by atoms with van der Waals surface area (Å²) in [6, 6.07) is 5.28. The van der Waals surface area contributed by atoms with Crippen LogP contribution < -0.4 is 0 Å². The van der Waals surface area contributed by atoms with Crippen molar-refractivity contribution >= 4 is 11.6 Å². The molecule has 0 bridgehead atoms. The number of rotatable bonds is 1. The Hall–Kier alpha value is -2.09. The lowest BCUT2D eigenvalue weighted by Gasteiger charge is -2.42. The number of para-hydroxylation sites is 1. The lowest BCUT2D eigenvalue weighted by molar-refractivity contribution is -0.314. The number of carbonyl (C=O) groups excluding carboxylic acids is 1. The van der Waals surface area contributed by atoms with Gasteiger partial charge in [0.25, 0.3) is 11.6 Å². The molecule has 1 aliphatic carbocycles. The van der Waals surface area contributed by atoms with E-state index in [-0.39, 0.29) is 40.5 Å². The fraction of sp³-hybridized carbons (Fsp3) is 0.579. The van der Waals surface area contributed by atoms with Gasteiger partial charge in [0, 0.05) is 5.71 Å². The molecule has 1 amide bonds. The van der Waals surface area contributed by atoms with Crippen molar-refractivity contribution in [2.45, 2.75) is 51.9 Å². The Morgan fingerprint density at radius 2 is 1.89 bits per heavy atom. The molecule has 5 nitrogen and oxygen atoms in total. The summed E-state index contributed by atoms with van der Waals surface area (Å²) in [7, 11) is 0. The summed E-state index contributed by atoms with van der Waals surface area (Å²) in [5, 5.41) is 24.6. The summed E-state index contributed by atoms with van der Waals surface area (Å²) < 4.78 is 42.0. The highest BCUT2D eigenvalue weighted by molar-refractivity contribution is 6.01. The first-order chi connectivity index (χ1) is 12.4. The third-order valence-electron chi connectivity index (χ3n) is 5.68. The zero-order valence-corrected chi connectivity index (χ0v) is 15.4. The van der Waals surface area contributed by atoms with Gasteiger partial charge in [0.05, 0.1) is 11.5 Å². The molecular weight excluding hydrogens is 361 g/mol. The molecule has 1 aliphatic heterocycles. The monoisotopic (exact) mass is 384 g/mol. The molecule has 2 aliphatic rings. The Balaban J connectivity index is 2.04. The number of carbonyl (C=O) groups is 1. The summed E-state index contributed by atoms with van der Waals surface area (Å²) in [5.74, 6) is -3.00. The first kappa shape index (κ1) is 19.7. The van der Waals surface area contributed by atoms with Gasteiger partial charge in [-0.1, -0.05) is 32.9 Å². The third-order valence-corrected chi connectivity index (χ3v) is 5.68. The van der Waals surface area contributed by atoms with Crippen LogP contribution in [0.25, 0.3) is 0 Å². The van der Waals surface area contributed by atoms with Crippen molar-refractivity contribution in [1.29, 1.82) is 0 Å². The van der Waals surface area contributed by atoms with Gasteiger partial charge >= 0.3 is 6.18 Å². The molecule has 0 aromatic heterocycles. The largest absolute Gasteiger partial charge is 0.507 e. The van der Waals surface area contributed by atoms with Crippen LogP contribution in [0.3, 0.4) is 0 Å². The molecule has 0 radical (unpaired) electrons. The fourth-order valence-electron chi connectivity index (χ4n) is 3.98. The maximum absolute atomic E-state index is 14.0. The minimum atomic E-state index is -5.09. The third kappa shape index (κ3) is 3.09. The van der Waals surface area contributed by atoms with Crippen molar-refractivity contribution in [3.8, 4) is 5.75 Å². The second-order valence-corrected chi connectivity index (χ2v) is 8.34. The number of fused-ring (bicyclic) bond motifs is 1. The second kappa shape index (κ2) is 6.22. The Kier molecular flexibility index (Phi) is 4.53. The number of benzene rings is 1. The number of phenolic OH excluding ortho intramolecular Hbond substituents is 1. The molecule has 1 heterocycles. The topological polar surface area (TPSA) is 73.1 Å². The lowest BCUT2D eigenvalue weighted by Crippen LogP contribution is -2.62. The van der Waals surface area contributed by atoms with E-state index < -0.39 is 29.5 Å². The van der Waals surface area contributed by atoms with Crippen molar-refractivity contribution in [3.63, 3.8) is 0 Å². The number of aliphatic hydroxyl groups is 1. The van der Waals surface area contributed by atoms with Crippen LogP contribution in [-0.4, -0.2) is 38.7 Å². The van der Waals surface area contributed by atoms with E-state index in [1.54, 1.807) is 0 Å². The van der Waals surface area contributed by atoms with Gasteiger partial charge in [0.1, 0.15) is 5.75 Å². The van der Waals surface area contributed by atoms with Gasteiger partial charge in [-0.25, -0.2) is 0 Å². The van der Waals surface area contributed by atoms with Gasteiger partial charge in [0.2, 0.25) is 0 Å². The van der Waals surface area contributed by atoms with Gasteiger partial charge in [0.15, 0.2) is 0 Å². The van der Waals surface area contributed by atoms with Crippen LogP contribution in [0.5, 0.6) is 5.75 Å². The van der Waals surface area contributed by atoms with Gasteiger partial charge in [-0.15, -0.1) is 0 Å². The Morgan fingerprint density at radius 3 is 2.44 bits per heavy atom. The van der Waals surface area contributed by atoms with Crippen molar-refractivity contribution in [3.05, 3.63) is 29.8 Å². The molecule has 1 fully saturated rings. The average molecular weight is 384 g/mol. The average Bonchev–Trinajstić information content (AvgIpc) is 2.87. The Bertz CT molecular complexity index is 785. The lowest BCUT2D eigenvalue weighted by atomic mass is 9.66. The smallest absolute Gasteiger partial charge is 0.439 e. The van der Waals surface area contributed by atoms with E-state index in [4.69, 9.17) is 0 Å². The van der Waals surface area contributed by atoms with Gasteiger partial charge < -0.3 is 10.2 Å². The van der Waals surface area contributed by atoms with Crippen molar-refractivity contribution in [2.75, 3.05) is 0 Å². The minimum absolute atomic E-state index is 0.0458. The van der Waals surface area contributed by atoms with E-state index in [9.17, 15) is 28.2 Å². The van der Waals surface area contributed by atoms with Crippen LogP contribution in [0, 0.1) is 17.3 Å². The van der Waals surface area contributed by atoms with Crippen molar-refractivity contribution in [2.24, 2.45) is 22.4 Å². The number of nitrogens with zero attached hydrogens (tertiary/aromatic N) is 2. The number of halogens is 3. The molecule has 3 atom stereocenters. The van der Waals surface area contributed by atoms with Gasteiger partial charge in [-0.05, 0) is 42.7 Å². The highest BCUT2D eigenvalue weighted by Crippen LogP contribution is 2.52. The number of phenols is 1. The molecule has 1 saturated carbocycles. The van der Waals surface area contributed by atoms with Crippen molar-refractivity contribution in [1.82, 2.24) is 5.01 Å². The van der Waals surface area contributed by atoms with E-state index in [1.807, 2.05) is 20.8 Å². The van der Waals surface area contributed by atoms with Crippen LogP contribution >= 0.6 is 0 Å². The summed E-state index contributed by atoms with van der Waals surface area (Å²) in [6.45, 7) is 5.85. The molecule has 2 N–H and O–H groups in total. The molecule has 0 spiro atoms. The summed E-state index contributed by atoms with van der Waals surface area (Å²) in [6.07, 6.45) is -4.08. The summed E-state index contributed by atoms with van der Waals surface area (Å²) >= 11 is 0. The van der Waals surface area contributed by atoms with Gasteiger partial charge in [-0.2, -0.15) is 23.3 Å². The fourth-order valence-corrected chi connectivity index (χ4v) is 3.98. The standard InChI is InChI=1S/C19H23F3N2O3/c1-17(2,3)11-8-9-14-13(10-11)18(27,19(20,21)22)24(23-14)16(26)12-6-4-5-7-15(12)25/h4-7,11,13,25,27H,8-10H2,1-3H3/t11-,13+,18-/m1/s1. The summed E-state index contributed by atoms with van der Waals surface area (Å²) in [5.41, 5.74) is -3.81. The number of hydrogen-bond acceptors (Lipinski definition) is 4. The Labute approximate surface area is 155 Å². The molecule has 0 unspecified atom stereocenters. The number of hydrazone groups is 1. The number of alkyl halides is 3. The van der Waals surface area contributed by atoms with Crippen LogP contribution in [0.15, 0.2) is 29.4 Å². The van der Waals surface area contributed by atoms with E-state index in [2.05, 4.69) is 5.10 Å². The van der Waals surface area contributed by atoms with Crippen LogP contribution in [-0.2, 0) is 0 Å². The zero-order chi connectivity index (χ0) is 20.2. The normalized spacial score (nSPS) is 28.7. The first-order valence-corrected chi connectivity index (χ1v) is 8.86. The zero-order valence-electron chi connectivity index (χ0n) is 15.4. The molecule has 8 heteroatoms. The number of aromatic hydroxyl groups is 1. The maximum Gasteiger partial charge on any atom is 0.439 e. The van der Waals surface area contributed by atoms with Crippen LogP contribution in [0.2, 0.25) is 0 Å². The molecule has 1 aromatic carbocycles. The SMILES string of the molecule is CC(C)(C)[C@@H]1CCC2=NN(C(=O)c3ccccc3O)[C@](O)(C(F)(F)F)[C@H]2C1. The molecule has 0 saturated heterocycles. The molecular formula is C19H23F3N2O3. The number of hydrogen-bond donors (Lipinski definition) is 2.